The number of likely N-dealkylation sites (tertiary alicyclic amines) is 2. The number of benzene rings is 1. The summed E-state index contributed by atoms with van der Waals surface area (Å²) in [4.78, 5) is 107. The van der Waals surface area contributed by atoms with Gasteiger partial charge in [0.15, 0.2) is 0 Å². The lowest BCUT2D eigenvalue weighted by Crippen LogP contribution is -2.62. The monoisotopic (exact) mass is 1250 g/mol. The van der Waals surface area contributed by atoms with Crippen LogP contribution in [0.5, 0.6) is 0 Å². The average Bonchev–Trinajstić information content (AvgIpc) is 1.91. The van der Waals surface area contributed by atoms with Gasteiger partial charge in [0, 0.05) is 66.0 Å². The molecule has 2 aliphatic heterocycles. The summed E-state index contributed by atoms with van der Waals surface area (Å²) in [5.41, 5.74) is -0.324. The van der Waals surface area contributed by atoms with Crippen molar-refractivity contribution in [2.24, 2.45) is 17.8 Å². The number of carboxylic acids is 1. The van der Waals surface area contributed by atoms with Gasteiger partial charge < -0.3 is 73.7 Å². The number of ether oxygens (including phenoxy) is 8. The lowest BCUT2D eigenvalue weighted by molar-refractivity contribution is -0.150. The van der Waals surface area contributed by atoms with Gasteiger partial charge in [-0.1, -0.05) is 71.4 Å². The third kappa shape index (κ3) is 23.3. The number of nitrogens with zero attached hydrogens (tertiary/aromatic N) is 5. The lowest BCUT2D eigenvalue weighted by atomic mass is 9.89. The fourth-order valence-corrected chi connectivity index (χ4v) is 11.2. The van der Waals surface area contributed by atoms with Crippen molar-refractivity contribution >= 4 is 51.2 Å². The molecule has 9 atom stereocenters. The Hall–Kier alpha value is -5.78. The Morgan fingerprint density at radius 3 is 1.85 bits per heavy atom. The van der Waals surface area contributed by atoms with Crippen LogP contribution in [-0.4, -0.2) is 248 Å². The van der Waals surface area contributed by atoms with Crippen LogP contribution in [0.15, 0.2) is 47.9 Å². The van der Waals surface area contributed by atoms with Crippen molar-refractivity contribution in [3.05, 3.63) is 53.9 Å². The predicted octanol–water partition coefficient (Wildman–Crippen LogP) is 2.35. The SMILES string of the molecule is CC[C@H](C)[C@@H]([C@@H](CC(=O)N1CCC[C@H]1[C@H](OC)[C@@H](C)C(=O)N[C@@H](Cc1ccccc1)C(=O)O)OC)N(C)C(=O)[C@@H](NC(=O)[C@]1(C)CCCN1C(=O)CCOCCOCCOCCOCCOCCOCCNC(=O)c1cnc(S(C)(=O)=O)nc1)C(C)C. The van der Waals surface area contributed by atoms with Gasteiger partial charge >= 0.3 is 5.97 Å². The van der Waals surface area contributed by atoms with Crippen molar-refractivity contribution < 1.29 is 85.0 Å². The molecule has 2 fully saturated rings. The molecule has 27 heteroatoms. The maximum absolute atomic E-state index is 14.7. The first-order valence-electron chi connectivity index (χ1n) is 30.1. The molecule has 0 unspecified atom stereocenters. The minimum atomic E-state index is -3.56. The van der Waals surface area contributed by atoms with E-state index in [0.717, 1.165) is 24.2 Å². The van der Waals surface area contributed by atoms with Gasteiger partial charge in [0.1, 0.15) is 17.6 Å². The second kappa shape index (κ2) is 37.9. The Morgan fingerprint density at radius 2 is 1.33 bits per heavy atom. The van der Waals surface area contributed by atoms with E-state index >= 15 is 0 Å². The first-order chi connectivity index (χ1) is 41.5. The van der Waals surface area contributed by atoms with E-state index in [1.807, 2.05) is 33.8 Å². The number of carbonyl (C=O) groups excluding carboxylic acids is 6. The van der Waals surface area contributed by atoms with E-state index in [9.17, 15) is 47.1 Å². The van der Waals surface area contributed by atoms with Crippen molar-refractivity contribution in [1.29, 1.82) is 0 Å². The van der Waals surface area contributed by atoms with E-state index < -0.39 is 81.4 Å². The smallest absolute Gasteiger partial charge is 0.326 e. The Labute approximate surface area is 513 Å². The average molecular weight is 1250 g/mol. The van der Waals surface area contributed by atoms with E-state index in [4.69, 9.17) is 37.9 Å². The van der Waals surface area contributed by atoms with E-state index in [2.05, 4.69) is 25.9 Å². The molecule has 2 aliphatic rings. The minimum absolute atomic E-state index is 0.0442. The van der Waals surface area contributed by atoms with E-state index in [0.29, 0.717) is 98.0 Å². The third-order valence-electron chi connectivity index (χ3n) is 15.9. The van der Waals surface area contributed by atoms with Crippen LogP contribution >= 0.6 is 0 Å². The molecule has 87 heavy (non-hydrogen) atoms. The van der Waals surface area contributed by atoms with Crippen LogP contribution in [0, 0.1) is 17.8 Å². The Kier molecular flexibility index (Phi) is 32.1. The first-order valence-corrected chi connectivity index (χ1v) is 32.0. The number of hydrogen-bond acceptors (Lipinski definition) is 19. The summed E-state index contributed by atoms with van der Waals surface area (Å²) in [7, 11) is 1.09. The van der Waals surface area contributed by atoms with Gasteiger partial charge in [-0.3, -0.25) is 28.8 Å². The zero-order valence-corrected chi connectivity index (χ0v) is 53.3. The van der Waals surface area contributed by atoms with Crippen LogP contribution in [0.25, 0.3) is 0 Å². The van der Waals surface area contributed by atoms with Crippen LogP contribution in [-0.2, 0) is 82.9 Å². The standard InChI is InChI=1S/C60H96N8O18S/c1-11-42(4)52(48(79-8)38-50(70)67-23-15-19-47(67)53(80-9)43(5)54(71)64-46(57(74)75)37-44-17-13-12-14-18-44)66(7)56(73)51(41(2)3)65-58(76)60(6)21-16-24-68(60)49(69)20-25-81-27-29-83-31-33-85-35-36-86-34-32-84-30-28-82-26-22-61-55(72)45-39-62-59(63-40-45)87(10,77)78/h12-14,17-18,39-43,46-48,51-53H,11,15-16,19-38H2,1-10H3,(H,61,72)(H,64,71)(H,65,76)(H,74,75)/t42-,43+,46-,47-,48+,51-,52-,53+,60-/m0/s1. The molecule has 0 radical (unpaired) electrons. The van der Waals surface area contributed by atoms with Gasteiger partial charge in [0.2, 0.25) is 44.5 Å². The lowest BCUT2D eigenvalue weighted by Gasteiger charge is -2.41. The first kappa shape index (κ1) is 73.7. The molecule has 4 rings (SSSR count). The highest BCUT2D eigenvalue weighted by molar-refractivity contribution is 7.90. The fourth-order valence-electron chi connectivity index (χ4n) is 10.7. The van der Waals surface area contributed by atoms with Crippen molar-refractivity contribution in [3.63, 3.8) is 0 Å². The number of hydrogen-bond donors (Lipinski definition) is 4. The summed E-state index contributed by atoms with van der Waals surface area (Å²) in [5, 5.41) is 18.0. The summed E-state index contributed by atoms with van der Waals surface area (Å²) < 4.78 is 68.2. The maximum atomic E-state index is 14.7. The molecule has 6 amide bonds. The highest BCUT2D eigenvalue weighted by atomic mass is 32.2. The number of nitrogens with one attached hydrogen (secondary N) is 3. The maximum Gasteiger partial charge on any atom is 0.326 e. The fraction of sp³-hybridized carbons (Fsp3) is 0.717. The summed E-state index contributed by atoms with van der Waals surface area (Å²) in [5.74, 6) is -4.72. The number of sulfone groups is 1. The molecule has 1 aromatic heterocycles. The van der Waals surface area contributed by atoms with Crippen LogP contribution in [0.4, 0.5) is 0 Å². The molecule has 490 valence electrons. The molecule has 2 aromatic rings. The Balaban J connectivity index is 1.14. The number of aliphatic carboxylic acids is 1. The van der Waals surface area contributed by atoms with Crippen LogP contribution < -0.4 is 16.0 Å². The Morgan fingerprint density at radius 1 is 0.770 bits per heavy atom. The molecule has 2 saturated heterocycles. The molecule has 0 bridgehead atoms. The molecule has 0 spiro atoms. The van der Waals surface area contributed by atoms with Crippen molar-refractivity contribution in [2.75, 3.05) is 126 Å². The zero-order chi connectivity index (χ0) is 64.1. The van der Waals surface area contributed by atoms with Crippen molar-refractivity contribution in [2.45, 2.75) is 140 Å². The van der Waals surface area contributed by atoms with Crippen molar-refractivity contribution in [1.82, 2.24) is 40.6 Å². The number of amides is 6. The molecule has 0 aliphatic carbocycles. The van der Waals surface area contributed by atoms with E-state index in [-0.39, 0.29) is 92.5 Å². The van der Waals surface area contributed by atoms with Gasteiger partial charge in [-0.15, -0.1) is 0 Å². The zero-order valence-electron chi connectivity index (χ0n) is 52.5. The third-order valence-corrected chi connectivity index (χ3v) is 16.8. The molecule has 26 nitrogen and oxygen atoms in total. The largest absolute Gasteiger partial charge is 0.480 e. The molecular weight excluding hydrogens is 1150 g/mol. The molecule has 0 saturated carbocycles. The van der Waals surface area contributed by atoms with Gasteiger partial charge in [-0.25, -0.2) is 23.2 Å². The molecule has 1 aromatic carbocycles. The molecular formula is C60H96N8O18S. The molecule has 3 heterocycles. The summed E-state index contributed by atoms with van der Waals surface area (Å²) >= 11 is 0. The normalized spacial score (nSPS) is 18.5. The van der Waals surface area contributed by atoms with Gasteiger partial charge in [-0.05, 0) is 50.0 Å². The second-order valence-corrected chi connectivity index (χ2v) is 24.4. The number of methoxy groups -OCH3 is 2. The highest BCUT2D eigenvalue weighted by Crippen LogP contribution is 2.32. The van der Waals surface area contributed by atoms with E-state index in [1.54, 1.807) is 59.9 Å². The minimum Gasteiger partial charge on any atom is -0.480 e. The summed E-state index contributed by atoms with van der Waals surface area (Å²) in [6.45, 7) is 15.8. The topological polar surface area (TPSA) is 319 Å². The molecule has 4 N–H and O–H groups in total. The van der Waals surface area contributed by atoms with Crippen LogP contribution in [0.3, 0.4) is 0 Å². The van der Waals surface area contributed by atoms with Gasteiger partial charge in [0.25, 0.3) is 5.91 Å². The number of aromatic nitrogens is 2. The second-order valence-electron chi connectivity index (χ2n) is 22.5. The summed E-state index contributed by atoms with van der Waals surface area (Å²) in [6, 6.07) is 5.81. The Bertz CT molecular complexity index is 2570. The number of carbonyl (C=O) groups is 7. The number of likely N-dealkylation sites (N-methyl/N-ethyl adjacent to an activating group) is 1. The number of rotatable bonds is 42. The van der Waals surface area contributed by atoms with Crippen LogP contribution in [0.1, 0.15) is 102 Å². The van der Waals surface area contributed by atoms with E-state index in [1.165, 1.54) is 14.2 Å². The quantitative estimate of drug-likeness (QED) is 0.0548. The predicted molar refractivity (Wildman–Crippen MR) is 319 cm³/mol. The number of carboxylic acid groups (broad SMARTS) is 1. The highest BCUT2D eigenvalue weighted by Gasteiger charge is 2.48. The van der Waals surface area contributed by atoms with Gasteiger partial charge in [0.05, 0.1) is 128 Å². The van der Waals surface area contributed by atoms with Crippen LogP contribution in [0.2, 0.25) is 0 Å². The van der Waals surface area contributed by atoms with Gasteiger partial charge in [-0.2, -0.15) is 0 Å². The van der Waals surface area contributed by atoms with Crippen molar-refractivity contribution in [3.8, 4) is 0 Å². The summed E-state index contributed by atoms with van der Waals surface area (Å²) in [6.07, 6.45) is 4.70.